The highest BCUT2D eigenvalue weighted by atomic mass is 16.5. The molecule has 0 aromatic heterocycles. The first-order valence-corrected chi connectivity index (χ1v) is 6.54. The van der Waals surface area contributed by atoms with Crippen LogP contribution in [0.5, 0.6) is 5.75 Å². The zero-order chi connectivity index (χ0) is 15.9. The van der Waals surface area contributed by atoms with Crippen molar-refractivity contribution in [2.75, 3.05) is 7.11 Å². The second-order valence-electron chi connectivity index (χ2n) is 4.41. The van der Waals surface area contributed by atoms with E-state index in [1.807, 2.05) is 6.07 Å². The second-order valence-corrected chi connectivity index (χ2v) is 4.41. The van der Waals surface area contributed by atoms with Crippen LogP contribution in [-0.2, 0) is 4.79 Å². The first kappa shape index (κ1) is 15.3. The smallest absolute Gasteiger partial charge is 0.259 e. The maximum absolute atomic E-state index is 12.2. The lowest BCUT2D eigenvalue weighted by molar-refractivity contribution is -0.299. The summed E-state index contributed by atoms with van der Waals surface area (Å²) in [5.41, 5.74) is 0.564. The van der Waals surface area contributed by atoms with Crippen molar-refractivity contribution in [3.05, 3.63) is 71.4 Å². The number of carbonyl (C=O) groups excluding carboxylic acids is 2. The van der Waals surface area contributed by atoms with Gasteiger partial charge in [-0.25, -0.2) is 0 Å². The van der Waals surface area contributed by atoms with Gasteiger partial charge in [-0.15, -0.1) is 0 Å². The fourth-order valence-electron chi connectivity index (χ4n) is 1.88. The summed E-state index contributed by atoms with van der Waals surface area (Å²) in [7, 11) is 1.44. The molecule has 0 spiro atoms. The van der Waals surface area contributed by atoms with Crippen LogP contribution in [0.1, 0.15) is 15.9 Å². The fourth-order valence-corrected chi connectivity index (χ4v) is 1.88. The SMILES string of the molecule is COc1ccccc1C(=O)NC(=Cc1ccccc1)C(=O)[O-]. The molecule has 1 N–H and O–H groups in total. The summed E-state index contributed by atoms with van der Waals surface area (Å²) in [5, 5.41) is 13.5. The molecule has 5 nitrogen and oxygen atoms in total. The summed E-state index contributed by atoms with van der Waals surface area (Å²) in [6.45, 7) is 0. The summed E-state index contributed by atoms with van der Waals surface area (Å²) in [4.78, 5) is 23.4. The van der Waals surface area contributed by atoms with Crippen LogP contribution in [0.2, 0.25) is 0 Å². The Balaban J connectivity index is 2.27. The predicted octanol–water partition coefficient (Wildman–Crippen LogP) is 1.22. The molecule has 0 aliphatic heterocycles. The van der Waals surface area contributed by atoms with E-state index in [1.54, 1.807) is 48.5 Å². The fraction of sp³-hybridized carbons (Fsp3) is 0.0588. The molecule has 0 radical (unpaired) electrons. The molecule has 2 aromatic rings. The van der Waals surface area contributed by atoms with Gasteiger partial charge >= 0.3 is 0 Å². The Bertz CT molecular complexity index is 708. The number of methoxy groups -OCH3 is 1. The molecule has 0 aliphatic carbocycles. The van der Waals surface area contributed by atoms with Crippen molar-refractivity contribution in [2.24, 2.45) is 0 Å². The molecule has 0 unspecified atom stereocenters. The van der Waals surface area contributed by atoms with Gasteiger partial charge in [0.15, 0.2) is 0 Å². The number of carboxylic acids is 1. The lowest BCUT2D eigenvalue weighted by Crippen LogP contribution is -2.35. The van der Waals surface area contributed by atoms with Gasteiger partial charge in [-0.1, -0.05) is 42.5 Å². The van der Waals surface area contributed by atoms with E-state index >= 15 is 0 Å². The highest BCUT2D eigenvalue weighted by Crippen LogP contribution is 2.17. The molecular formula is C17H14NO4-. The number of para-hydroxylation sites is 1. The molecule has 0 fully saturated rings. The number of amides is 1. The van der Waals surface area contributed by atoms with Crippen molar-refractivity contribution in [2.45, 2.75) is 0 Å². The molecule has 5 heteroatoms. The molecule has 112 valence electrons. The average Bonchev–Trinajstić information content (AvgIpc) is 2.55. The number of nitrogens with one attached hydrogen (secondary N) is 1. The molecule has 22 heavy (non-hydrogen) atoms. The minimum atomic E-state index is -1.47. The maximum Gasteiger partial charge on any atom is 0.259 e. The van der Waals surface area contributed by atoms with Gasteiger partial charge in [-0.05, 0) is 23.8 Å². The van der Waals surface area contributed by atoms with Gasteiger partial charge < -0.3 is 20.0 Å². The Kier molecular flexibility index (Phi) is 4.93. The minimum absolute atomic E-state index is 0.241. The number of benzene rings is 2. The summed E-state index contributed by atoms with van der Waals surface area (Å²) < 4.78 is 5.08. The van der Waals surface area contributed by atoms with E-state index < -0.39 is 11.9 Å². The molecule has 0 heterocycles. The minimum Gasteiger partial charge on any atom is -0.543 e. The Morgan fingerprint density at radius 2 is 1.68 bits per heavy atom. The van der Waals surface area contributed by atoms with Crippen molar-refractivity contribution in [1.29, 1.82) is 0 Å². The largest absolute Gasteiger partial charge is 0.543 e. The quantitative estimate of drug-likeness (QED) is 0.841. The number of ether oxygens (including phenoxy) is 1. The molecule has 0 saturated heterocycles. The third-order valence-electron chi connectivity index (χ3n) is 2.93. The van der Waals surface area contributed by atoms with E-state index in [0.29, 0.717) is 11.3 Å². The predicted molar refractivity (Wildman–Crippen MR) is 79.9 cm³/mol. The molecule has 0 saturated carbocycles. The van der Waals surface area contributed by atoms with Crippen LogP contribution in [0.25, 0.3) is 6.08 Å². The average molecular weight is 296 g/mol. The van der Waals surface area contributed by atoms with Crippen LogP contribution in [-0.4, -0.2) is 19.0 Å². The van der Waals surface area contributed by atoms with Gasteiger partial charge in [0.1, 0.15) is 5.75 Å². The first-order valence-electron chi connectivity index (χ1n) is 6.54. The lowest BCUT2D eigenvalue weighted by atomic mass is 10.1. The van der Waals surface area contributed by atoms with Crippen LogP contribution in [0.15, 0.2) is 60.3 Å². The highest BCUT2D eigenvalue weighted by Gasteiger charge is 2.13. The summed E-state index contributed by atoms with van der Waals surface area (Å²) in [6.07, 6.45) is 1.34. The lowest BCUT2D eigenvalue weighted by Gasteiger charge is -2.13. The summed E-state index contributed by atoms with van der Waals surface area (Å²) in [5.74, 6) is -1.69. The van der Waals surface area contributed by atoms with Crippen molar-refractivity contribution >= 4 is 18.0 Å². The van der Waals surface area contributed by atoms with Crippen LogP contribution in [0, 0.1) is 0 Å². The third kappa shape index (κ3) is 3.73. The molecule has 0 bridgehead atoms. The van der Waals surface area contributed by atoms with Gasteiger partial charge in [0.05, 0.1) is 24.3 Å². The number of carboxylic acid groups (broad SMARTS) is 1. The Labute approximate surface area is 127 Å². The van der Waals surface area contributed by atoms with E-state index in [2.05, 4.69) is 5.32 Å². The molecule has 0 atom stereocenters. The van der Waals surface area contributed by atoms with Crippen molar-refractivity contribution in [3.8, 4) is 5.75 Å². The standard InChI is InChI=1S/C17H15NO4/c1-22-15-10-6-5-9-13(15)16(19)18-14(17(20)21)11-12-7-3-2-4-8-12/h2-11H,1H3,(H,18,19)(H,20,21)/p-1. The van der Waals surface area contributed by atoms with Crippen molar-refractivity contribution in [1.82, 2.24) is 5.32 Å². The number of hydrogen-bond acceptors (Lipinski definition) is 4. The van der Waals surface area contributed by atoms with E-state index in [9.17, 15) is 14.7 Å². The number of carbonyl (C=O) groups is 2. The zero-order valence-corrected chi connectivity index (χ0v) is 11.9. The number of rotatable bonds is 5. The van der Waals surface area contributed by atoms with Gasteiger partial charge in [0, 0.05) is 0 Å². The van der Waals surface area contributed by atoms with E-state index in [1.165, 1.54) is 13.2 Å². The third-order valence-corrected chi connectivity index (χ3v) is 2.93. The topological polar surface area (TPSA) is 78.5 Å². The Morgan fingerprint density at radius 3 is 2.32 bits per heavy atom. The summed E-state index contributed by atoms with van der Waals surface area (Å²) in [6, 6.07) is 15.3. The number of aliphatic carboxylic acids is 1. The Hall–Kier alpha value is -3.08. The van der Waals surface area contributed by atoms with Crippen LogP contribution < -0.4 is 15.2 Å². The van der Waals surface area contributed by atoms with Crippen LogP contribution in [0.3, 0.4) is 0 Å². The van der Waals surface area contributed by atoms with Crippen molar-refractivity contribution < 1.29 is 19.4 Å². The van der Waals surface area contributed by atoms with E-state index in [0.717, 1.165) is 0 Å². The van der Waals surface area contributed by atoms with Gasteiger partial charge in [0.25, 0.3) is 5.91 Å². The monoisotopic (exact) mass is 296 g/mol. The van der Waals surface area contributed by atoms with Crippen LogP contribution >= 0.6 is 0 Å². The zero-order valence-electron chi connectivity index (χ0n) is 11.9. The van der Waals surface area contributed by atoms with Gasteiger partial charge in [-0.3, -0.25) is 4.79 Å². The normalized spacial score (nSPS) is 10.9. The number of hydrogen-bond donors (Lipinski definition) is 1. The molecule has 2 aromatic carbocycles. The van der Waals surface area contributed by atoms with E-state index in [4.69, 9.17) is 4.74 Å². The Morgan fingerprint density at radius 1 is 1.05 bits per heavy atom. The molecule has 1 amide bonds. The van der Waals surface area contributed by atoms with Gasteiger partial charge in [-0.2, -0.15) is 0 Å². The molecule has 2 rings (SSSR count). The van der Waals surface area contributed by atoms with Gasteiger partial charge in [0.2, 0.25) is 0 Å². The van der Waals surface area contributed by atoms with E-state index in [-0.39, 0.29) is 11.3 Å². The molecular weight excluding hydrogens is 282 g/mol. The second kappa shape index (κ2) is 7.08. The van der Waals surface area contributed by atoms with Crippen LogP contribution in [0.4, 0.5) is 0 Å². The molecule has 0 aliphatic rings. The summed E-state index contributed by atoms with van der Waals surface area (Å²) >= 11 is 0. The van der Waals surface area contributed by atoms with Crippen molar-refractivity contribution in [3.63, 3.8) is 0 Å². The maximum atomic E-state index is 12.2. The first-order chi connectivity index (χ1) is 10.6. The highest BCUT2D eigenvalue weighted by molar-refractivity contribution is 6.03.